The summed E-state index contributed by atoms with van der Waals surface area (Å²) in [6.07, 6.45) is 3.37. The van der Waals surface area contributed by atoms with E-state index < -0.39 is 0 Å². The molecule has 9 heteroatoms. The van der Waals surface area contributed by atoms with Gasteiger partial charge < -0.3 is 19.5 Å². The number of halogens is 1. The van der Waals surface area contributed by atoms with Crippen LogP contribution in [0.15, 0.2) is 66.3 Å². The second-order valence-electron chi connectivity index (χ2n) is 7.13. The number of aromatic nitrogens is 2. The number of rotatable bonds is 7. The predicted molar refractivity (Wildman–Crippen MR) is 122 cm³/mol. The molecule has 1 aliphatic rings. The molecule has 1 amide bonds. The van der Waals surface area contributed by atoms with Crippen molar-refractivity contribution in [1.82, 2.24) is 9.78 Å². The fraction of sp³-hybridized carbons (Fsp3) is 0.130. The average molecular weight is 468 g/mol. The van der Waals surface area contributed by atoms with Gasteiger partial charge in [-0.1, -0.05) is 23.7 Å². The van der Waals surface area contributed by atoms with E-state index in [4.69, 9.17) is 25.8 Å². The summed E-state index contributed by atoms with van der Waals surface area (Å²) in [6.45, 7) is 1.19. The van der Waals surface area contributed by atoms with Gasteiger partial charge in [-0.15, -0.1) is 11.3 Å². The van der Waals surface area contributed by atoms with Crippen LogP contribution in [0.1, 0.15) is 20.8 Å². The Labute approximate surface area is 193 Å². The first-order chi connectivity index (χ1) is 15.6. The molecule has 0 aliphatic carbocycles. The molecule has 0 saturated heterocycles. The Morgan fingerprint density at radius 3 is 2.78 bits per heavy atom. The first kappa shape index (κ1) is 20.4. The maximum Gasteiger partial charge on any atom is 0.265 e. The minimum Gasteiger partial charge on any atom is -0.489 e. The van der Waals surface area contributed by atoms with E-state index in [1.54, 1.807) is 23.1 Å². The molecule has 3 heterocycles. The van der Waals surface area contributed by atoms with Gasteiger partial charge in [0.05, 0.1) is 22.6 Å². The SMILES string of the molecule is O=C(Nc1ccc(Cn2cc(Cl)cn2)cc1)c1cc(COc2ccc3c(c2)OCO3)cs1. The molecule has 0 fully saturated rings. The summed E-state index contributed by atoms with van der Waals surface area (Å²) in [5.74, 6) is 1.91. The molecule has 0 radical (unpaired) electrons. The number of anilines is 1. The van der Waals surface area contributed by atoms with Crippen molar-refractivity contribution in [3.05, 3.63) is 87.3 Å². The fourth-order valence-electron chi connectivity index (χ4n) is 3.20. The number of nitrogens with zero attached hydrogens (tertiary/aromatic N) is 2. The zero-order chi connectivity index (χ0) is 21.9. The van der Waals surface area contributed by atoms with Gasteiger partial charge in [0, 0.05) is 23.5 Å². The zero-order valence-electron chi connectivity index (χ0n) is 16.8. The van der Waals surface area contributed by atoms with Crippen LogP contribution in [0.5, 0.6) is 17.2 Å². The first-order valence-electron chi connectivity index (χ1n) is 9.80. The Bertz CT molecular complexity index is 1250. The summed E-state index contributed by atoms with van der Waals surface area (Å²) < 4.78 is 18.2. The van der Waals surface area contributed by atoms with Crippen LogP contribution < -0.4 is 19.5 Å². The molecule has 0 saturated carbocycles. The summed E-state index contributed by atoms with van der Waals surface area (Å²) in [4.78, 5) is 13.2. The van der Waals surface area contributed by atoms with Gasteiger partial charge in [0.2, 0.25) is 6.79 Å². The number of thiophene rings is 1. The predicted octanol–water partition coefficient (Wildman–Crippen LogP) is 5.21. The Kier molecular flexibility index (Phi) is 5.70. The zero-order valence-corrected chi connectivity index (χ0v) is 18.4. The van der Waals surface area contributed by atoms with Crippen molar-refractivity contribution < 1.29 is 19.0 Å². The number of amides is 1. The van der Waals surface area contributed by atoms with Crippen LogP contribution in [0.4, 0.5) is 5.69 Å². The van der Waals surface area contributed by atoms with Crippen molar-refractivity contribution >= 4 is 34.5 Å². The van der Waals surface area contributed by atoms with E-state index in [9.17, 15) is 4.79 Å². The smallest absolute Gasteiger partial charge is 0.265 e. The number of carbonyl (C=O) groups is 1. The molecule has 5 rings (SSSR count). The summed E-state index contributed by atoms with van der Waals surface area (Å²) in [5, 5.41) is 9.61. The van der Waals surface area contributed by atoms with E-state index in [2.05, 4.69) is 10.4 Å². The van der Waals surface area contributed by atoms with Crippen molar-refractivity contribution in [1.29, 1.82) is 0 Å². The highest BCUT2D eigenvalue weighted by atomic mass is 35.5. The Morgan fingerprint density at radius 2 is 1.97 bits per heavy atom. The lowest BCUT2D eigenvalue weighted by molar-refractivity contribution is 0.103. The molecule has 1 N–H and O–H groups in total. The van der Waals surface area contributed by atoms with Crippen LogP contribution >= 0.6 is 22.9 Å². The van der Waals surface area contributed by atoms with Gasteiger partial charge >= 0.3 is 0 Å². The Morgan fingerprint density at radius 1 is 1.12 bits per heavy atom. The molecule has 0 spiro atoms. The van der Waals surface area contributed by atoms with Gasteiger partial charge in [-0.2, -0.15) is 5.10 Å². The minimum atomic E-state index is -0.157. The number of nitrogens with one attached hydrogen (secondary N) is 1. The molecule has 0 bridgehead atoms. The van der Waals surface area contributed by atoms with Crippen LogP contribution in [0.3, 0.4) is 0 Å². The lowest BCUT2D eigenvalue weighted by atomic mass is 10.2. The number of carbonyl (C=O) groups excluding carboxylic acids is 1. The third kappa shape index (κ3) is 4.71. The molecular weight excluding hydrogens is 450 g/mol. The number of hydrogen-bond donors (Lipinski definition) is 1. The summed E-state index contributed by atoms with van der Waals surface area (Å²) >= 11 is 7.27. The number of benzene rings is 2. The van der Waals surface area contributed by atoms with Gasteiger partial charge in [0.25, 0.3) is 5.91 Å². The number of ether oxygens (including phenoxy) is 3. The summed E-state index contributed by atoms with van der Waals surface area (Å²) in [5.41, 5.74) is 2.71. The van der Waals surface area contributed by atoms with E-state index in [1.165, 1.54) is 11.3 Å². The molecule has 2 aromatic heterocycles. The van der Waals surface area contributed by atoms with E-state index >= 15 is 0 Å². The highest BCUT2D eigenvalue weighted by molar-refractivity contribution is 7.12. The average Bonchev–Trinajstić information content (AvgIpc) is 3.54. The normalized spacial score (nSPS) is 12.0. The molecule has 0 atom stereocenters. The molecule has 4 aromatic rings. The van der Waals surface area contributed by atoms with Crippen molar-refractivity contribution in [2.75, 3.05) is 12.1 Å². The van der Waals surface area contributed by atoms with Crippen molar-refractivity contribution in [2.45, 2.75) is 13.2 Å². The quantitative estimate of drug-likeness (QED) is 0.404. The summed E-state index contributed by atoms with van der Waals surface area (Å²) in [6, 6.07) is 14.9. The van der Waals surface area contributed by atoms with E-state index in [0.717, 1.165) is 16.8 Å². The van der Waals surface area contributed by atoms with E-state index in [1.807, 2.05) is 47.8 Å². The fourth-order valence-corrected chi connectivity index (χ4v) is 4.15. The standard InChI is InChI=1S/C23H18ClN3O4S/c24-17-9-25-27(11-17)10-15-1-3-18(4-2-15)26-23(28)22-7-16(13-32-22)12-29-19-5-6-20-21(8-19)31-14-30-20/h1-9,11,13H,10,12,14H2,(H,26,28). The van der Waals surface area contributed by atoms with Crippen LogP contribution in [0.25, 0.3) is 0 Å². The molecule has 162 valence electrons. The van der Waals surface area contributed by atoms with E-state index in [-0.39, 0.29) is 12.7 Å². The Balaban J connectivity index is 1.16. The van der Waals surface area contributed by atoms with Crippen molar-refractivity contribution in [3.8, 4) is 17.2 Å². The van der Waals surface area contributed by atoms with Crippen molar-refractivity contribution in [3.63, 3.8) is 0 Å². The van der Waals surface area contributed by atoms with Crippen molar-refractivity contribution in [2.24, 2.45) is 0 Å². The molecule has 7 nitrogen and oxygen atoms in total. The molecular formula is C23H18ClN3O4S. The minimum absolute atomic E-state index is 0.157. The van der Waals surface area contributed by atoms with Gasteiger partial charge in [0.15, 0.2) is 11.5 Å². The maximum absolute atomic E-state index is 12.6. The maximum atomic E-state index is 12.6. The van der Waals surface area contributed by atoms with Gasteiger partial charge in [-0.3, -0.25) is 9.48 Å². The van der Waals surface area contributed by atoms with Crippen LogP contribution in [0, 0.1) is 0 Å². The Hall–Kier alpha value is -3.49. The number of hydrogen-bond acceptors (Lipinski definition) is 6. The van der Waals surface area contributed by atoms with Gasteiger partial charge in [-0.05, 0) is 41.3 Å². The van der Waals surface area contributed by atoms with Crippen LogP contribution in [-0.4, -0.2) is 22.5 Å². The lowest BCUT2D eigenvalue weighted by Crippen LogP contribution is -2.10. The first-order valence-corrected chi connectivity index (χ1v) is 11.1. The van der Waals surface area contributed by atoms with Crippen LogP contribution in [0.2, 0.25) is 5.02 Å². The topological polar surface area (TPSA) is 74.6 Å². The molecule has 1 aliphatic heterocycles. The van der Waals surface area contributed by atoms with Gasteiger partial charge in [-0.25, -0.2) is 0 Å². The monoisotopic (exact) mass is 467 g/mol. The van der Waals surface area contributed by atoms with E-state index in [0.29, 0.717) is 40.3 Å². The highest BCUT2D eigenvalue weighted by Crippen LogP contribution is 2.35. The third-order valence-corrected chi connectivity index (χ3v) is 5.96. The largest absolute Gasteiger partial charge is 0.489 e. The molecule has 32 heavy (non-hydrogen) atoms. The third-order valence-electron chi connectivity index (χ3n) is 4.79. The highest BCUT2D eigenvalue weighted by Gasteiger charge is 2.14. The second-order valence-corrected chi connectivity index (χ2v) is 8.48. The number of fused-ring (bicyclic) bond motifs is 1. The second kappa shape index (κ2) is 8.94. The molecule has 0 unspecified atom stereocenters. The lowest BCUT2D eigenvalue weighted by Gasteiger charge is -2.06. The van der Waals surface area contributed by atoms with Gasteiger partial charge in [0.1, 0.15) is 12.4 Å². The molecule has 2 aromatic carbocycles. The summed E-state index contributed by atoms with van der Waals surface area (Å²) in [7, 11) is 0. The van der Waals surface area contributed by atoms with Crippen LogP contribution in [-0.2, 0) is 13.2 Å².